The summed E-state index contributed by atoms with van der Waals surface area (Å²) in [6, 6.07) is 8.25. The summed E-state index contributed by atoms with van der Waals surface area (Å²) >= 11 is 0. The van der Waals surface area contributed by atoms with Crippen molar-refractivity contribution in [3.8, 4) is 0 Å². The second-order valence-corrected chi connectivity index (χ2v) is 3.51. The fourth-order valence-electron chi connectivity index (χ4n) is 1.46. The van der Waals surface area contributed by atoms with Gasteiger partial charge in [0.2, 0.25) is 0 Å². The molecule has 1 heterocycles. The van der Waals surface area contributed by atoms with Crippen molar-refractivity contribution in [3.05, 3.63) is 59.4 Å². The van der Waals surface area contributed by atoms with Gasteiger partial charge in [0.25, 0.3) is 0 Å². The summed E-state index contributed by atoms with van der Waals surface area (Å²) in [6.07, 6.45) is 2.16. The van der Waals surface area contributed by atoms with Crippen molar-refractivity contribution >= 4 is 0 Å². The van der Waals surface area contributed by atoms with Crippen molar-refractivity contribution in [2.24, 2.45) is 5.73 Å². The zero-order valence-electron chi connectivity index (χ0n) is 8.73. The van der Waals surface area contributed by atoms with Crippen molar-refractivity contribution in [1.82, 2.24) is 9.97 Å². The molecule has 0 unspecified atom stereocenters. The topological polar surface area (TPSA) is 51.8 Å². The van der Waals surface area contributed by atoms with Crippen LogP contribution in [-0.2, 0) is 13.0 Å². The van der Waals surface area contributed by atoms with Gasteiger partial charge < -0.3 is 5.73 Å². The maximum atomic E-state index is 12.7. The van der Waals surface area contributed by atoms with Gasteiger partial charge in [0.15, 0.2) is 0 Å². The van der Waals surface area contributed by atoms with E-state index in [1.54, 1.807) is 12.1 Å². The van der Waals surface area contributed by atoms with Crippen LogP contribution in [0.2, 0.25) is 0 Å². The van der Waals surface area contributed by atoms with Crippen LogP contribution in [0.3, 0.4) is 0 Å². The lowest BCUT2D eigenvalue weighted by Gasteiger charge is -2.02. The summed E-state index contributed by atoms with van der Waals surface area (Å²) in [4.78, 5) is 8.16. The molecule has 1 aromatic heterocycles. The maximum Gasteiger partial charge on any atom is 0.123 e. The van der Waals surface area contributed by atoms with Gasteiger partial charge >= 0.3 is 0 Å². The minimum Gasteiger partial charge on any atom is -0.325 e. The average Bonchev–Trinajstić information content (AvgIpc) is 2.32. The predicted octanol–water partition coefficient (Wildman–Crippen LogP) is 1.67. The van der Waals surface area contributed by atoms with E-state index < -0.39 is 0 Å². The monoisotopic (exact) mass is 217 g/mol. The quantitative estimate of drug-likeness (QED) is 0.850. The van der Waals surface area contributed by atoms with E-state index >= 15 is 0 Å². The van der Waals surface area contributed by atoms with Gasteiger partial charge in [-0.2, -0.15) is 0 Å². The maximum absolute atomic E-state index is 12.7. The van der Waals surface area contributed by atoms with E-state index in [1.165, 1.54) is 18.5 Å². The molecule has 0 radical (unpaired) electrons. The summed E-state index contributed by atoms with van der Waals surface area (Å²) in [6.45, 7) is 0.402. The Morgan fingerprint density at radius 1 is 1.06 bits per heavy atom. The number of aromatic nitrogens is 2. The highest BCUT2D eigenvalue weighted by Crippen LogP contribution is 2.08. The van der Waals surface area contributed by atoms with E-state index in [2.05, 4.69) is 9.97 Å². The first-order valence-corrected chi connectivity index (χ1v) is 5.02. The Balaban J connectivity index is 2.16. The summed E-state index contributed by atoms with van der Waals surface area (Å²) in [5, 5.41) is 0. The zero-order chi connectivity index (χ0) is 11.4. The molecule has 0 spiro atoms. The van der Waals surface area contributed by atoms with Crippen LogP contribution in [0.5, 0.6) is 0 Å². The molecule has 2 N–H and O–H groups in total. The third-order valence-corrected chi connectivity index (χ3v) is 2.29. The van der Waals surface area contributed by atoms with Gasteiger partial charge in [-0.05, 0) is 23.8 Å². The fourth-order valence-corrected chi connectivity index (χ4v) is 1.46. The molecule has 0 fully saturated rings. The number of halogens is 1. The first-order valence-electron chi connectivity index (χ1n) is 5.02. The summed E-state index contributed by atoms with van der Waals surface area (Å²) in [5.41, 5.74) is 8.21. The van der Waals surface area contributed by atoms with Crippen LogP contribution in [0.25, 0.3) is 0 Å². The molecule has 0 saturated heterocycles. The Morgan fingerprint density at radius 3 is 2.44 bits per heavy atom. The molecule has 0 bridgehead atoms. The Morgan fingerprint density at radius 2 is 1.75 bits per heavy atom. The third-order valence-electron chi connectivity index (χ3n) is 2.29. The Bertz CT molecular complexity index is 468. The Labute approximate surface area is 93.2 Å². The highest BCUT2D eigenvalue weighted by molar-refractivity contribution is 5.22. The predicted molar refractivity (Wildman–Crippen MR) is 59.1 cm³/mol. The number of hydrogen-bond donors (Lipinski definition) is 1. The van der Waals surface area contributed by atoms with Gasteiger partial charge in [0.05, 0.1) is 5.69 Å². The highest BCUT2D eigenvalue weighted by Gasteiger charge is 2.00. The van der Waals surface area contributed by atoms with Gasteiger partial charge in [0, 0.05) is 18.7 Å². The summed E-state index contributed by atoms with van der Waals surface area (Å²) in [7, 11) is 0. The molecule has 2 aromatic rings. The summed E-state index contributed by atoms with van der Waals surface area (Å²) < 4.78 is 12.7. The number of nitrogens with zero attached hydrogens (tertiary/aromatic N) is 2. The molecule has 82 valence electrons. The number of hydrogen-bond acceptors (Lipinski definition) is 3. The number of benzene rings is 1. The van der Waals surface area contributed by atoms with E-state index in [1.807, 2.05) is 6.07 Å². The largest absolute Gasteiger partial charge is 0.325 e. The van der Waals surface area contributed by atoms with E-state index in [-0.39, 0.29) is 5.82 Å². The Hall–Kier alpha value is -1.81. The molecule has 1 aromatic carbocycles. The average molecular weight is 217 g/mol. The standard InChI is InChI=1S/C12H12FN3/c13-10-3-1-9(2-4-10)5-11-6-12(7-14)16-8-15-11/h1-4,6,8H,5,7,14H2. The first kappa shape index (κ1) is 10.7. The Kier molecular flexibility index (Phi) is 3.22. The molecule has 3 nitrogen and oxygen atoms in total. The minimum absolute atomic E-state index is 0.228. The van der Waals surface area contributed by atoms with Crippen LogP contribution in [0.1, 0.15) is 17.0 Å². The van der Waals surface area contributed by atoms with Crippen LogP contribution in [0, 0.1) is 5.82 Å². The highest BCUT2D eigenvalue weighted by atomic mass is 19.1. The van der Waals surface area contributed by atoms with Crippen molar-refractivity contribution in [3.63, 3.8) is 0 Å². The summed E-state index contributed by atoms with van der Waals surface area (Å²) in [5.74, 6) is -0.228. The molecule has 0 aliphatic heterocycles. The lowest BCUT2D eigenvalue weighted by molar-refractivity contribution is 0.627. The van der Waals surface area contributed by atoms with Gasteiger partial charge in [-0.25, -0.2) is 14.4 Å². The van der Waals surface area contributed by atoms with Gasteiger partial charge in [-0.15, -0.1) is 0 Å². The van der Waals surface area contributed by atoms with E-state index in [0.29, 0.717) is 13.0 Å². The smallest absolute Gasteiger partial charge is 0.123 e. The number of rotatable bonds is 3. The molecule has 0 saturated carbocycles. The third kappa shape index (κ3) is 2.61. The van der Waals surface area contributed by atoms with Crippen molar-refractivity contribution < 1.29 is 4.39 Å². The van der Waals surface area contributed by atoms with Gasteiger partial charge in [0.1, 0.15) is 12.1 Å². The molecule has 2 rings (SSSR count). The van der Waals surface area contributed by atoms with E-state index in [0.717, 1.165) is 17.0 Å². The first-order chi connectivity index (χ1) is 7.78. The second kappa shape index (κ2) is 4.81. The van der Waals surface area contributed by atoms with Crippen LogP contribution >= 0.6 is 0 Å². The van der Waals surface area contributed by atoms with E-state index in [9.17, 15) is 4.39 Å². The molecule has 0 amide bonds. The lowest BCUT2D eigenvalue weighted by atomic mass is 10.1. The van der Waals surface area contributed by atoms with Crippen LogP contribution < -0.4 is 5.73 Å². The molecule has 4 heteroatoms. The zero-order valence-corrected chi connectivity index (χ0v) is 8.73. The molecular weight excluding hydrogens is 205 g/mol. The van der Waals surface area contributed by atoms with Gasteiger partial charge in [-0.1, -0.05) is 12.1 Å². The molecular formula is C12H12FN3. The molecule has 0 atom stereocenters. The van der Waals surface area contributed by atoms with Crippen LogP contribution in [-0.4, -0.2) is 9.97 Å². The number of nitrogens with two attached hydrogens (primary N) is 1. The fraction of sp³-hybridized carbons (Fsp3) is 0.167. The van der Waals surface area contributed by atoms with Crippen LogP contribution in [0.4, 0.5) is 4.39 Å². The lowest BCUT2D eigenvalue weighted by Crippen LogP contribution is -2.02. The normalized spacial score (nSPS) is 10.4. The van der Waals surface area contributed by atoms with Crippen LogP contribution in [0.15, 0.2) is 36.7 Å². The van der Waals surface area contributed by atoms with Crippen molar-refractivity contribution in [2.75, 3.05) is 0 Å². The van der Waals surface area contributed by atoms with Crippen molar-refractivity contribution in [2.45, 2.75) is 13.0 Å². The van der Waals surface area contributed by atoms with E-state index in [4.69, 9.17) is 5.73 Å². The second-order valence-electron chi connectivity index (χ2n) is 3.51. The minimum atomic E-state index is -0.228. The van der Waals surface area contributed by atoms with Crippen molar-refractivity contribution in [1.29, 1.82) is 0 Å². The molecule has 0 aliphatic carbocycles. The SMILES string of the molecule is NCc1cc(Cc2ccc(F)cc2)ncn1. The van der Waals surface area contributed by atoms with Gasteiger partial charge in [-0.3, -0.25) is 0 Å². The molecule has 0 aliphatic rings. The molecule has 16 heavy (non-hydrogen) atoms.